The van der Waals surface area contributed by atoms with Crippen molar-refractivity contribution in [3.8, 4) is 11.3 Å². The van der Waals surface area contributed by atoms with Crippen molar-refractivity contribution in [2.24, 2.45) is 0 Å². The molecule has 1 N–H and O–H groups in total. The number of furan rings is 1. The van der Waals surface area contributed by atoms with Gasteiger partial charge in [0.1, 0.15) is 11.5 Å². The normalized spacial score (nSPS) is 12.6. The maximum Gasteiger partial charge on any atom is 0.135 e. The van der Waals surface area contributed by atoms with Crippen molar-refractivity contribution in [1.29, 1.82) is 0 Å². The van der Waals surface area contributed by atoms with Crippen LogP contribution in [0.3, 0.4) is 0 Å². The van der Waals surface area contributed by atoms with Gasteiger partial charge in [0, 0.05) is 9.13 Å². The molecule has 90 valence electrons. The Morgan fingerprint density at radius 1 is 1.24 bits per heavy atom. The van der Waals surface area contributed by atoms with Crippen LogP contribution in [0.1, 0.15) is 25.6 Å². The molecule has 0 aliphatic rings. The van der Waals surface area contributed by atoms with Gasteiger partial charge >= 0.3 is 0 Å². The minimum atomic E-state index is 0.259. The Morgan fingerprint density at radius 3 is 2.71 bits per heavy atom. The first kappa shape index (κ1) is 12.6. The molecule has 2 aromatic rings. The second-order valence-electron chi connectivity index (χ2n) is 3.96. The maximum absolute atomic E-state index is 5.90. The zero-order valence-corrected chi connectivity index (χ0v) is 12.2. The van der Waals surface area contributed by atoms with Crippen LogP contribution in [0.4, 0.5) is 0 Å². The van der Waals surface area contributed by atoms with Crippen LogP contribution in [-0.2, 0) is 0 Å². The molecule has 17 heavy (non-hydrogen) atoms. The zero-order chi connectivity index (χ0) is 12.3. The Balaban J connectivity index is 2.27. The van der Waals surface area contributed by atoms with Gasteiger partial charge in [0.25, 0.3) is 0 Å². The fourth-order valence-electron chi connectivity index (χ4n) is 1.80. The van der Waals surface area contributed by atoms with Gasteiger partial charge in [0.2, 0.25) is 0 Å². The standard InChI is InChI=1S/C14H16INO/c1-3-16-10(2)13-8-9-14(17-13)11-6-4-5-7-12(11)15/h4-10,16H,3H2,1-2H3. The second kappa shape index (κ2) is 5.69. The molecule has 2 nitrogen and oxygen atoms in total. The molecule has 0 fully saturated rings. The Bertz CT molecular complexity index is 492. The van der Waals surface area contributed by atoms with Crippen LogP contribution in [0.2, 0.25) is 0 Å². The Kier molecular flexibility index (Phi) is 4.23. The minimum Gasteiger partial charge on any atom is -0.459 e. The largest absolute Gasteiger partial charge is 0.459 e. The van der Waals surface area contributed by atoms with E-state index in [0.29, 0.717) is 0 Å². The molecule has 0 spiro atoms. The number of rotatable bonds is 4. The molecule has 2 rings (SSSR count). The summed E-state index contributed by atoms with van der Waals surface area (Å²) in [5.41, 5.74) is 1.16. The predicted molar refractivity (Wildman–Crippen MR) is 79.0 cm³/mol. The Hall–Kier alpha value is -0.810. The van der Waals surface area contributed by atoms with Crippen LogP contribution in [0.25, 0.3) is 11.3 Å². The molecule has 0 radical (unpaired) electrons. The van der Waals surface area contributed by atoms with Crippen molar-refractivity contribution in [2.75, 3.05) is 6.54 Å². The van der Waals surface area contributed by atoms with Gasteiger partial charge in [-0.05, 0) is 54.3 Å². The molecule has 1 atom stereocenters. The van der Waals surface area contributed by atoms with Gasteiger partial charge in [0.15, 0.2) is 0 Å². The van der Waals surface area contributed by atoms with Gasteiger partial charge in [-0.3, -0.25) is 0 Å². The van der Waals surface area contributed by atoms with E-state index in [-0.39, 0.29) is 6.04 Å². The molecule has 0 saturated heterocycles. The summed E-state index contributed by atoms with van der Waals surface area (Å²) in [5, 5.41) is 3.35. The first-order chi connectivity index (χ1) is 8.22. The van der Waals surface area contributed by atoms with Crippen LogP contribution in [0.15, 0.2) is 40.8 Å². The summed E-state index contributed by atoms with van der Waals surface area (Å²) in [5.74, 6) is 1.93. The lowest BCUT2D eigenvalue weighted by Crippen LogP contribution is -2.16. The third-order valence-corrected chi connectivity index (χ3v) is 3.64. The van der Waals surface area contributed by atoms with Gasteiger partial charge in [-0.25, -0.2) is 0 Å². The summed E-state index contributed by atoms with van der Waals surface area (Å²) in [4.78, 5) is 0. The van der Waals surface area contributed by atoms with E-state index in [1.54, 1.807) is 0 Å². The van der Waals surface area contributed by atoms with Crippen LogP contribution in [0.5, 0.6) is 0 Å². The van der Waals surface area contributed by atoms with Crippen LogP contribution in [0, 0.1) is 3.57 Å². The van der Waals surface area contributed by atoms with E-state index in [2.05, 4.69) is 53.9 Å². The summed E-state index contributed by atoms with van der Waals surface area (Å²) in [6, 6.07) is 12.6. The second-order valence-corrected chi connectivity index (χ2v) is 5.12. The molecule has 0 aliphatic heterocycles. The van der Waals surface area contributed by atoms with E-state index >= 15 is 0 Å². The number of hydrogen-bond donors (Lipinski definition) is 1. The van der Waals surface area contributed by atoms with Crippen molar-refractivity contribution in [3.05, 3.63) is 45.7 Å². The van der Waals surface area contributed by atoms with E-state index in [1.807, 2.05) is 24.3 Å². The molecule has 0 aliphatic carbocycles. The topological polar surface area (TPSA) is 25.2 Å². The highest BCUT2D eigenvalue weighted by molar-refractivity contribution is 14.1. The summed E-state index contributed by atoms with van der Waals surface area (Å²) in [6.07, 6.45) is 0. The highest BCUT2D eigenvalue weighted by Crippen LogP contribution is 2.28. The van der Waals surface area contributed by atoms with E-state index in [9.17, 15) is 0 Å². The van der Waals surface area contributed by atoms with E-state index < -0.39 is 0 Å². The molecule has 0 saturated carbocycles. The SMILES string of the molecule is CCNC(C)c1ccc(-c2ccccc2I)o1. The molecule has 0 bridgehead atoms. The zero-order valence-electron chi connectivity index (χ0n) is 10.0. The molecule has 3 heteroatoms. The third-order valence-electron chi connectivity index (χ3n) is 2.70. The van der Waals surface area contributed by atoms with Crippen molar-refractivity contribution in [3.63, 3.8) is 0 Å². The van der Waals surface area contributed by atoms with Crippen molar-refractivity contribution >= 4 is 22.6 Å². The monoisotopic (exact) mass is 341 g/mol. The van der Waals surface area contributed by atoms with E-state index in [4.69, 9.17) is 4.42 Å². The average molecular weight is 341 g/mol. The first-order valence-corrected chi connectivity index (χ1v) is 6.88. The fourth-order valence-corrected chi connectivity index (χ4v) is 2.45. The Morgan fingerprint density at radius 2 is 2.00 bits per heavy atom. The molecule has 1 aromatic carbocycles. The molecule has 1 aromatic heterocycles. The van der Waals surface area contributed by atoms with Gasteiger partial charge < -0.3 is 9.73 Å². The summed E-state index contributed by atoms with van der Waals surface area (Å²) in [6.45, 7) is 5.16. The van der Waals surface area contributed by atoms with Crippen molar-refractivity contribution < 1.29 is 4.42 Å². The van der Waals surface area contributed by atoms with Gasteiger partial charge in [-0.2, -0.15) is 0 Å². The van der Waals surface area contributed by atoms with Gasteiger partial charge in [0.05, 0.1) is 6.04 Å². The minimum absolute atomic E-state index is 0.259. The number of nitrogens with one attached hydrogen (secondary N) is 1. The molecular weight excluding hydrogens is 325 g/mol. The fraction of sp³-hybridized carbons (Fsp3) is 0.286. The highest BCUT2D eigenvalue weighted by atomic mass is 127. The van der Waals surface area contributed by atoms with E-state index in [1.165, 1.54) is 3.57 Å². The average Bonchev–Trinajstić information content (AvgIpc) is 2.79. The number of halogens is 1. The number of benzene rings is 1. The van der Waals surface area contributed by atoms with Crippen LogP contribution < -0.4 is 5.32 Å². The quantitative estimate of drug-likeness (QED) is 0.843. The summed E-state index contributed by atoms with van der Waals surface area (Å²) in [7, 11) is 0. The lowest BCUT2D eigenvalue weighted by atomic mass is 10.2. The van der Waals surface area contributed by atoms with Crippen molar-refractivity contribution in [2.45, 2.75) is 19.9 Å². The van der Waals surface area contributed by atoms with Gasteiger partial charge in [-0.1, -0.05) is 25.1 Å². The maximum atomic E-state index is 5.90. The van der Waals surface area contributed by atoms with Crippen molar-refractivity contribution in [1.82, 2.24) is 5.32 Å². The predicted octanol–water partition coefficient (Wildman–Crippen LogP) is 4.22. The highest BCUT2D eigenvalue weighted by Gasteiger charge is 2.11. The first-order valence-electron chi connectivity index (χ1n) is 5.80. The third kappa shape index (κ3) is 2.90. The lowest BCUT2D eigenvalue weighted by Gasteiger charge is -2.08. The molecular formula is C14H16INO. The molecule has 0 amide bonds. The smallest absolute Gasteiger partial charge is 0.135 e. The summed E-state index contributed by atoms with van der Waals surface area (Å²) < 4.78 is 7.11. The Labute approximate surface area is 116 Å². The summed E-state index contributed by atoms with van der Waals surface area (Å²) >= 11 is 2.33. The molecule has 1 unspecified atom stereocenters. The number of hydrogen-bond acceptors (Lipinski definition) is 2. The van der Waals surface area contributed by atoms with Crippen LogP contribution in [-0.4, -0.2) is 6.54 Å². The molecule has 1 heterocycles. The van der Waals surface area contributed by atoms with E-state index in [0.717, 1.165) is 23.6 Å². The van der Waals surface area contributed by atoms with Gasteiger partial charge in [-0.15, -0.1) is 0 Å². The van der Waals surface area contributed by atoms with Crippen LogP contribution >= 0.6 is 22.6 Å². The lowest BCUT2D eigenvalue weighted by molar-refractivity contribution is 0.445.